The Morgan fingerprint density at radius 1 is 1.35 bits per heavy atom. The standard InChI is InChI=1S/C18H24Cl2N2O/c1-14-7-11-22(12-8-14)10-2-9-21-18(23)6-4-15-3-5-16(19)13-17(15)20/h3-6,13-14H,2,7-12H2,1H3,(H,21,23)/b6-4+. The molecule has 0 saturated carbocycles. The Morgan fingerprint density at radius 2 is 2.09 bits per heavy atom. The van der Waals surface area contributed by atoms with Crippen molar-refractivity contribution in [2.24, 2.45) is 5.92 Å². The number of benzene rings is 1. The molecule has 2 rings (SSSR count). The molecule has 5 heteroatoms. The van der Waals surface area contributed by atoms with Crippen LogP contribution in [0.2, 0.25) is 10.0 Å². The van der Waals surface area contributed by atoms with Crippen molar-refractivity contribution in [2.45, 2.75) is 26.2 Å². The lowest BCUT2D eigenvalue weighted by molar-refractivity contribution is -0.116. The molecule has 1 amide bonds. The minimum atomic E-state index is -0.0942. The molecule has 1 saturated heterocycles. The van der Waals surface area contributed by atoms with Gasteiger partial charge in [-0.05, 0) is 68.6 Å². The van der Waals surface area contributed by atoms with Gasteiger partial charge in [-0.1, -0.05) is 36.2 Å². The van der Waals surface area contributed by atoms with Crippen molar-refractivity contribution in [3.05, 3.63) is 39.9 Å². The van der Waals surface area contributed by atoms with E-state index in [0.717, 1.165) is 24.4 Å². The van der Waals surface area contributed by atoms with Crippen LogP contribution in [0, 0.1) is 5.92 Å². The van der Waals surface area contributed by atoms with Gasteiger partial charge in [0.25, 0.3) is 0 Å². The summed E-state index contributed by atoms with van der Waals surface area (Å²) in [4.78, 5) is 14.3. The average molecular weight is 355 g/mol. The Morgan fingerprint density at radius 3 is 2.78 bits per heavy atom. The van der Waals surface area contributed by atoms with Crippen LogP contribution in [0.1, 0.15) is 31.7 Å². The first-order valence-electron chi connectivity index (χ1n) is 8.18. The Bertz CT molecular complexity index is 552. The highest BCUT2D eigenvalue weighted by molar-refractivity contribution is 6.35. The first-order chi connectivity index (χ1) is 11.0. The van der Waals surface area contributed by atoms with Crippen molar-refractivity contribution in [3.63, 3.8) is 0 Å². The molecule has 0 radical (unpaired) electrons. The molecular formula is C18H24Cl2N2O. The van der Waals surface area contributed by atoms with Gasteiger partial charge in [-0.15, -0.1) is 0 Å². The van der Waals surface area contributed by atoms with E-state index >= 15 is 0 Å². The van der Waals surface area contributed by atoms with E-state index in [0.29, 0.717) is 16.6 Å². The van der Waals surface area contributed by atoms with Gasteiger partial charge in [-0.2, -0.15) is 0 Å². The van der Waals surface area contributed by atoms with Crippen LogP contribution in [0.15, 0.2) is 24.3 Å². The predicted molar refractivity (Wildman–Crippen MR) is 98.0 cm³/mol. The molecule has 1 aromatic rings. The second kappa shape index (κ2) is 9.31. The van der Waals surface area contributed by atoms with Crippen molar-refractivity contribution >= 4 is 35.2 Å². The topological polar surface area (TPSA) is 32.3 Å². The molecule has 1 heterocycles. The lowest BCUT2D eigenvalue weighted by Gasteiger charge is -2.30. The highest BCUT2D eigenvalue weighted by Crippen LogP contribution is 2.21. The summed E-state index contributed by atoms with van der Waals surface area (Å²) < 4.78 is 0. The smallest absolute Gasteiger partial charge is 0.244 e. The number of piperidine rings is 1. The maximum absolute atomic E-state index is 11.8. The fourth-order valence-corrected chi connectivity index (χ4v) is 3.13. The highest BCUT2D eigenvalue weighted by Gasteiger charge is 2.14. The van der Waals surface area contributed by atoms with Crippen molar-refractivity contribution in [1.82, 2.24) is 10.2 Å². The fourth-order valence-electron chi connectivity index (χ4n) is 2.66. The van der Waals surface area contributed by atoms with E-state index in [4.69, 9.17) is 23.2 Å². The van der Waals surface area contributed by atoms with Gasteiger partial charge >= 0.3 is 0 Å². The molecule has 1 fully saturated rings. The lowest BCUT2D eigenvalue weighted by Crippen LogP contribution is -2.35. The molecule has 1 aliphatic heterocycles. The second-order valence-corrected chi connectivity index (χ2v) is 7.01. The van der Waals surface area contributed by atoms with Crippen molar-refractivity contribution in [2.75, 3.05) is 26.2 Å². The number of nitrogens with one attached hydrogen (secondary N) is 1. The molecule has 23 heavy (non-hydrogen) atoms. The van der Waals surface area contributed by atoms with Gasteiger partial charge in [0.05, 0.1) is 0 Å². The molecule has 1 aliphatic rings. The molecule has 1 N–H and O–H groups in total. The summed E-state index contributed by atoms with van der Waals surface area (Å²) in [5.41, 5.74) is 0.786. The quantitative estimate of drug-likeness (QED) is 0.611. The Hall–Kier alpha value is -1.03. The van der Waals surface area contributed by atoms with Gasteiger partial charge in [0.15, 0.2) is 0 Å². The number of amides is 1. The zero-order valence-corrected chi connectivity index (χ0v) is 15.0. The maximum atomic E-state index is 11.8. The van der Waals surface area contributed by atoms with E-state index in [1.54, 1.807) is 24.3 Å². The van der Waals surface area contributed by atoms with Gasteiger partial charge in [-0.25, -0.2) is 0 Å². The molecule has 126 valence electrons. The van der Waals surface area contributed by atoms with Crippen LogP contribution in [0.3, 0.4) is 0 Å². The van der Waals surface area contributed by atoms with Crippen LogP contribution in [0.4, 0.5) is 0 Å². The van der Waals surface area contributed by atoms with Gasteiger partial charge in [0, 0.05) is 22.7 Å². The first-order valence-corrected chi connectivity index (χ1v) is 8.93. The van der Waals surface area contributed by atoms with E-state index in [2.05, 4.69) is 17.1 Å². The first kappa shape index (κ1) is 18.3. The summed E-state index contributed by atoms with van der Waals surface area (Å²) >= 11 is 11.9. The number of carbonyl (C=O) groups is 1. The summed E-state index contributed by atoms with van der Waals surface area (Å²) in [5.74, 6) is 0.763. The summed E-state index contributed by atoms with van der Waals surface area (Å²) in [6, 6.07) is 5.22. The fraction of sp³-hybridized carbons (Fsp3) is 0.500. The molecular weight excluding hydrogens is 331 g/mol. The van der Waals surface area contributed by atoms with Crippen LogP contribution >= 0.6 is 23.2 Å². The van der Waals surface area contributed by atoms with Crippen molar-refractivity contribution in [1.29, 1.82) is 0 Å². The van der Waals surface area contributed by atoms with Gasteiger partial charge in [0.2, 0.25) is 5.91 Å². The summed E-state index contributed by atoms with van der Waals surface area (Å²) in [6.07, 6.45) is 6.78. The highest BCUT2D eigenvalue weighted by atomic mass is 35.5. The normalized spacial score (nSPS) is 16.8. The van der Waals surface area contributed by atoms with E-state index in [1.165, 1.54) is 32.0 Å². The summed E-state index contributed by atoms with van der Waals surface area (Å²) in [7, 11) is 0. The Kier molecular flexibility index (Phi) is 7.41. The summed E-state index contributed by atoms with van der Waals surface area (Å²) in [6.45, 7) is 6.44. The second-order valence-electron chi connectivity index (χ2n) is 6.17. The van der Waals surface area contributed by atoms with E-state index in [1.807, 2.05) is 0 Å². The minimum Gasteiger partial charge on any atom is -0.353 e. The van der Waals surface area contributed by atoms with Crippen LogP contribution in [0.5, 0.6) is 0 Å². The molecule has 0 unspecified atom stereocenters. The average Bonchev–Trinajstić information content (AvgIpc) is 2.52. The number of rotatable bonds is 6. The number of hydrogen-bond acceptors (Lipinski definition) is 2. The van der Waals surface area contributed by atoms with Gasteiger partial charge in [-0.3, -0.25) is 4.79 Å². The molecule has 0 spiro atoms. The zero-order valence-electron chi connectivity index (χ0n) is 13.5. The largest absolute Gasteiger partial charge is 0.353 e. The molecule has 0 atom stereocenters. The maximum Gasteiger partial charge on any atom is 0.244 e. The monoisotopic (exact) mass is 354 g/mol. The van der Waals surface area contributed by atoms with E-state index in [9.17, 15) is 4.79 Å². The number of nitrogens with zero attached hydrogens (tertiary/aromatic N) is 1. The van der Waals surface area contributed by atoms with E-state index < -0.39 is 0 Å². The Labute approximate surface area is 148 Å². The number of likely N-dealkylation sites (tertiary alicyclic amines) is 1. The van der Waals surface area contributed by atoms with Gasteiger partial charge in [0.1, 0.15) is 0 Å². The van der Waals surface area contributed by atoms with Crippen molar-refractivity contribution in [3.8, 4) is 0 Å². The third-order valence-electron chi connectivity index (χ3n) is 4.20. The Balaban J connectivity index is 1.66. The minimum absolute atomic E-state index is 0.0942. The SMILES string of the molecule is CC1CCN(CCCNC(=O)/C=C/c2ccc(Cl)cc2Cl)CC1. The molecule has 0 aromatic heterocycles. The van der Waals surface area contributed by atoms with Crippen LogP contribution in [-0.4, -0.2) is 37.0 Å². The van der Waals surface area contributed by atoms with Crippen molar-refractivity contribution < 1.29 is 4.79 Å². The summed E-state index contributed by atoms with van der Waals surface area (Å²) in [5, 5.41) is 4.04. The molecule has 0 bridgehead atoms. The predicted octanol–water partition coefficient (Wildman–Crippen LogP) is 4.24. The van der Waals surface area contributed by atoms with Crippen LogP contribution in [-0.2, 0) is 4.79 Å². The number of halogens is 2. The number of hydrogen-bond donors (Lipinski definition) is 1. The van der Waals surface area contributed by atoms with Gasteiger partial charge < -0.3 is 10.2 Å². The third kappa shape index (κ3) is 6.54. The molecule has 1 aromatic carbocycles. The molecule has 0 aliphatic carbocycles. The van der Waals surface area contributed by atoms with Crippen LogP contribution < -0.4 is 5.32 Å². The lowest BCUT2D eigenvalue weighted by atomic mass is 9.99. The van der Waals surface area contributed by atoms with E-state index in [-0.39, 0.29) is 5.91 Å². The zero-order chi connectivity index (χ0) is 16.7. The number of carbonyl (C=O) groups excluding carboxylic acids is 1. The third-order valence-corrected chi connectivity index (χ3v) is 4.77. The van der Waals surface area contributed by atoms with Crippen LogP contribution in [0.25, 0.3) is 6.08 Å². The molecule has 3 nitrogen and oxygen atoms in total.